The molecule has 0 bridgehead atoms. The zero-order chi connectivity index (χ0) is 7.12. The van der Waals surface area contributed by atoms with Crippen molar-refractivity contribution in [2.75, 3.05) is 6.61 Å². The molecule has 0 aromatic heterocycles. The molecule has 1 aliphatic rings. The fraction of sp³-hybridized carbons (Fsp3) is 1.00. The van der Waals surface area contributed by atoms with Crippen molar-refractivity contribution >= 4 is 0 Å². The third kappa shape index (κ3) is 0.970. The zero-order valence-corrected chi connectivity index (χ0v) is 6.15. The number of aliphatic hydroxyl groups is 1. The molecular weight excluding hydrogens is 114 g/mol. The normalized spacial score (nSPS) is 29.3. The second kappa shape index (κ2) is 1.70. The molecule has 54 valence electrons. The van der Waals surface area contributed by atoms with Crippen molar-refractivity contribution < 1.29 is 5.11 Å². The average molecular weight is 129 g/mol. The summed E-state index contributed by atoms with van der Waals surface area (Å²) in [6.07, 6.45) is 2.33. The lowest BCUT2D eigenvalue weighted by Crippen LogP contribution is -2.47. The predicted molar refractivity (Wildman–Crippen MR) is 37.0 cm³/mol. The van der Waals surface area contributed by atoms with E-state index in [1.165, 1.54) is 12.8 Å². The van der Waals surface area contributed by atoms with Gasteiger partial charge in [0.25, 0.3) is 0 Å². The van der Waals surface area contributed by atoms with Gasteiger partial charge < -0.3 is 10.8 Å². The molecule has 0 heterocycles. The minimum Gasteiger partial charge on any atom is -0.394 e. The van der Waals surface area contributed by atoms with Crippen LogP contribution in [0.4, 0.5) is 0 Å². The third-order valence-corrected chi connectivity index (χ3v) is 2.71. The maximum Gasteiger partial charge on any atom is 0.0613 e. The monoisotopic (exact) mass is 129 g/mol. The highest BCUT2D eigenvalue weighted by molar-refractivity contribution is 5.05. The van der Waals surface area contributed by atoms with E-state index >= 15 is 0 Å². The highest BCUT2D eigenvalue weighted by Gasteiger charge is 2.50. The second-order valence-corrected chi connectivity index (χ2v) is 3.64. The Bertz CT molecular complexity index is 116. The van der Waals surface area contributed by atoms with Crippen molar-refractivity contribution in [2.45, 2.75) is 32.2 Å². The van der Waals surface area contributed by atoms with Gasteiger partial charge in [0.15, 0.2) is 0 Å². The van der Waals surface area contributed by atoms with Crippen molar-refractivity contribution in [1.82, 2.24) is 0 Å². The SMILES string of the molecule is CC(N)(CO)C1(C)CC1. The van der Waals surface area contributed by atoms with Crippen molar-refractivity contribution in [3.63, 3.8) is 0 Å². The topological polar surface area (TPSA) is 46.2 Å². The quantitative estimate of drug-likeness (QED) is 0.570. The molecule has 9 heavy (non-hydrogen) atoms. The third-order valence-electron chi connectivity index (χ3n) is 2.71. The van der Waals surface area contributed by atoms with Gasteiger partial charge in [-0.3, -0.25) is 0 Å². The van der Waals surface area contributed by atoms with Crippen molar-refractivity contribution in [3.8, 4) is 0 Å². The van der Waals surface area contributed by atoms with Gasteiger partial charge in [-0.25, -0.2) is 0 Å². The van der Waals surface area contributed by atoms with E-state index in [1.54, 1.807) is 0 Å². The molecule has 1 atom stereocenters. The molecule has 0 aliphatic heterocycles. The van der Waals surface area contributed by atoms with E-state index in [2.05, 4.69) is 6.92 Å². The Morgan fingerprint density at radius 3 is 2.22 bits per heavy atom. The Labute approximate surface area is 56.1 Å². The summed E-state index contributed by atoms with van der Waals surface area (Å²) in [4.78, 5) is 0. The molecule has 2 nitrogen and oxygen atoms in total. The maximum absolute atomic E-state index is 8.84. The largest absolute Gasteiger partial charge is 0.394 e. The highest BCUT2D eigenvalue weighted by atomic mass is 16.3. The van der Waals surface area contributed by atoms with Crippen LogP contribution in [0.5, 0.6) is 0 Å². The average Bonchev–Trinajstić information content (AvgIpc) is 2.49. The molecule has 0 radical (unpaired) electrons. The Morgan fingerprint density at radius 2 is 2.11 bits per heavy atom. The first-order chi connectivity index (χ1) is 4.02. The Morgan fingerprint density at radius 1 is 1.67 bits per heavy atom. The van der Waals surface area contributed by atoms with Crippen LogP contribution in [-0.2, 0) is 0 Å². The van der Waals surface area contributed by atoms with E-state index in [4.69, 9.17) is 10.8 Å². The lowest BCUT2D eigenvalue weighted by atomic mass is 9.86. The maximum atomic E-state index is 8.84. The van der Waals surface area contributed by atoms with Gasteiger partial charge >= 0.3 is 0 Å². The first kappa shape index (κ1) is 7.03. The Kier molecular flexibility index (Phi) is 1.33. The zero-order valence-electron chi connectivity index (χ0n) is 6.15. The fourth-order valence-electron chi connectivity index (χ4n) is 0.949. The second-order valence-electron chi connectivity index (χ2n) is 3.64. The Hall–Kier alpha value is -0.0800. The molecule has 1 saturated carbocycles. The summed E-state index contributed by atoms with van der Waals surface area (Å²) in [7, 11) is 0. The molecule has 0 saturated heterocycles. The summed E-state index contributed by atoms with van der Waals surface area (Å²) < 4.78 is 0. The van der Waals surface area contributed by atoms with E-state index < -0.39 is 0 Å². The van der Waals surface area contributed by atoms with Crippen LogP contribution in [0.1, 0.15) is 26.7 Å². The molecule has 0 amide bonds. The van der Waals surface area contributed by atoms with Crippen LogP contribution in [-0.4, -0.2) is 17.3 Å². The molecular formula is C7H15NO. The van der Waals surface area contributed by atoms with Crippen LogP contribution < -0.4 is 5.73 Å². The van der Waals surface area contributed by atoms with Crippen LogP contribution in [0.2, 0.25) is 0 Å². The van der Waals surface area contributed by atoms with Gasteiger partial charge in [0.2, 0.25) is 0 Å². The summed E-state index contributed by atoms with van der Waals surface area (Å²) >= 11 is 0. The molecule has 1 fully saturated rings. The van der Waals surface area contributed by atoms with Gasteiger partial charge in [-0.2, -0.15) is 0 Å². The standard InChI is InChI=1S/C7H15NO/c1-6(3-4-6)7(2,8)5-9/h9H,3-5,8H2,1-2H3. The van der Waals surface area contributed by atoms with Crippen molar-refractivity contribution in [2.24, 2.45) is 11.1 Å². The summed E-state index contributed by atoms with van der Waals surface area (Å²) in [6, 6.07) is 0. The van der Waals surface area contributed by atoms with Crippen molar-refractivity contribution in [1.29, 1.82) is 0 Å². The molecule has 0 aromatic rings. The minimum absolute atomic E-state index is 0.101. The van der Waals surface area contributed by atoms with E-state index in [-0.39, 0.29) is 17.6 Å². The van der Waals surface area contributed by atoms with Gasteiger partial charge in [-0.05, 0) is 25.2 Å². The molecule has 1 unspecified atom stereocenters. The molecule has 1 rings (SSSR count). The van der Waals surface area contributed by atoms with Gasteiger partial charge in [0.1, 0.15) is 0 Å². The number of hydrogen-bond donors (Lipinski definition) is 2. The van der Waals surface area contributed by atoms with Gasteiger partial charge in [0, 0.05) is 5.54 Å². The fourth-order valence-corrected chi connectivity index (χ4v) is 0.949. The van der Waals surface area contributed by atoms with Crippen molar-refractivity contribution in [3.05, 3.63) is 0 Å². The smallest absolute Gasteiger partial charge is 0.0613 e. The van der Waals surface area contributed by atoms with Crippen LogP contribution in [0, 0.1) is 5.41 Å². The van der Waals surface area contributed by atoms with Crippen LogP contribution in [0.3, 0.4) is 0 Å². The number of hydrogen-bond acceptors (Lipinski definition) is 2. The molecule has 0 spiro atoms. The van der Waals surface area contributed by atoms with Crippen LogP contribution in [0.25, 0.3) is 0 Å². The Balaban J connectivity index is 2.58. The van der Waals surface area contributed by atoms with Crippen LogP contribution in [0.15, 0.2) is 0 Å². The van der Waals surface area contributed by atoms with Gasteiger partial charge in [0.05, 0.1) is 6.61 Å². The summed E-state index contributed by atoms with van der Waals surface area (Å²) in [6.45, 7) is 4.15. The number of nitrogens with two attached hydrogens (primary N) is 1. The number of rotatable bonds is 2. The minimum atomic E-state index is -0.354. The van der Waals surface area contributed by atoms with E-state index in [9.17, 15) is 0 Å². The van der Waals surface area contributed by atoms with E-state index in [0.717, 1.165) is 0 Å². The first-order valence-corrected chi connectivity index (χ1v) is 3.42. The number of aliphatic hydroxyl groups excluding tert-OH is 1. The summed E-state index contributed by atoms with van der Waals surface area (Å²) in [5.74, 6) is 0. The summed E-state index contributed by atoms with van der Waals surface area (Å²) in [5, 5.41) is 8.84. The predicted octanol–water partition coefficient (Wildman–Crippen LogP) is 0.496. The summed E-state index contributed by atoms with van der Waals surface area (Å²) in [5.41, 5.74) is 5.68. The first-order valence-electron chi connectivity index (χ1n) is 3.42. The van der Waals surface area contributed by atoms with E-state index in [0.29, 0.717) is 0 Å². The molecule has 0 aromatic carbocycles. The van der Waals surface area contributed by atoms with Gasteiger partial charge in [-0.1, -0.05) is 6.92 Å². The highest BCUT2D eigenvalue weighted by Crippen LogP contribution is 2.52. The lowest BCUT2D eigenvalue weighted by Gasteiger charge is -2.29. The van der Waals surface area contributed by atoms with E-state index in [1.807, 2.05) is 6.92 Å². The molecule has 2 heteroatoms. The molecule has 1 aliphatic carbocycles. The molecule has 3 N–H and O–H groups in total. The lowest BCUT2D eigenvalue weighted by molar-refractivity contribution is 0.150. The van der Waals surface area contributed by atoms with Crippen LogP contribution >= 0.6 is 0 Å². The van der Waals surface area contributed by atoms with Gasteiger partial charge in [-0.15, -0.1) is 0 Å².